The van der Waals surface area contributed by atoms with Crippen LogP contribution in [0.2, 0.25) is 0 Å². The summed E-state index contributed by atoms with van der Waals surface area (Å²) in [5.74, 6) is -1.38. The van der Waals surface area contributed by atoms with E-state index in [1.54, 1.807) is 34.9 Å². The molecule has 1 rings (SSSR count). The van der Waals surface area contributed by atoms with Crippen LogP contribution in [-0.4, -0.2) is 65.2 Å². The predicted molar refractivity (Wildman–Crippen MR) is 75.8 cm³/mol. The van der Waals surface area contributed by atoms with Gasteiger partial charge in [0, 0.05) is 27.1 Å². The monoisotopic (exact) mass is 300 g/mol. The van der Waals surface area contributed by atoms with Crippen LogP contribution in [0.5, 0.6) is 0 Å². The highest BCUT2D eigenvalue weighted by atomic mass is 16.6. The van der Waals surface area contributed by atoms with Crippen molar-refractivity contribution in [3.05, 3.63) is 0 Å². The lowest BCUT2D eigenvalue weighted by Crippen LogP contribution is -2.47. The standard InChI is InChI=1S/C14H24N2O5/c1-14(2,3)21-13(20)16-8-9(7-11(17)18)6-10(16)12(19)15(4)5/h9-10H,6-8H2,1-5H3,(H,17,18)/t9-,10+/m1/s1. The minimum atomic E-state index is -0.929. The smallest absolute Gasteiger partial charge is 0.410 e. The van der Waals surface area contributed by atoms with Crippen LogP contribution in [0, 0.1) is 5.92 Å². The SMILES string of the molecule is CN(C)C(=O)[C@@H]1C[C@H](CC(=O)O)CN1C(=O)OC(C)(C)C. The maximum absolute atomic E-state index is 12.2. The largest absolute Gasteiger partial charge is 0.481 e. The van der Waals surface area contributed by atoms with E-state index in [0.29, 0.717) is 6.42 Å². The molecule has 0 aromatic rings. The molecule has 1 saturated heterocycles. The summed E-state index contributed by atoms with van der Waals surface area (Å²) >= 11 is 0. The molecule has 1 aliphatic heterocycles. The van der Waals surface area contributed by atoms with E-state index in [1.165, 1.54) is 9.80 Å². The van der Waals surface area contributed by atoms with Gasteiger partial charge in [-0.05, 0) is 33.1 Å². The van der Waals surface area contributed by atoms with Crippen LogP contribution < -0.4 is 0 Å². The zero-order valence-electron chi connectivity index (χ0n) is 13.3. The number of hydrogen-bond donors (Lipinski definition) is 1. The van der Waals surface area contributed by atoms with E-state index in [9.17, 15) is 14.4 Å². The third kappa shape index (κ3) is 4.91. The Bertz CT molecular complexity index is 428. The third-order valence-electron chi connectivity index (χ3n) is 3.20. The van der Waals surface area contributed by atoms with Crippen molar-refractivity contribution in [2.45, 2.75) is 45.3 Å². The van der Waals surface area contributed by atoms with E-state index in [4.69, 9.17) is 9.84 Å². The van der Waals surface area contributed by atoms with Crippen LogP contribution in [0.3, 0.4) is 0 Å². The van der Waals surface area contributed by atoms with Crippen molar-refractivity contribution in [1.82, 2.24) is 9.80 Å². The number of carboxylic acids is 1. The highest BCUT2D eigenvalue weighted by Crippen LogP contribution is 2.28. The summed E-state index contributed by atoms with van der Waals surface area (Å²) in [5, 5.41) is 8.89. The van der Waals surface area contributed by atoms with Crippen molar-refractivity contribution in [1.29, 1.82) is 0 Å². The number of amides is 2. The third-order valence-corrected chi connectivity index (χ3v) is 3.20. The summed E-state index contributed by atoms with van der Waals surface area (Å²) in [6.07, 6.45) is -0.283. The van der Waals surface area contributed by atoms with Gasteiger partial charge in [0.15, 0.2) is 0 Å². The van der Waals surface area contributed by atoms with Crippen molar-refractivity contribution >= 4 is 18.0 Å². The van der Waals surface area contributed by atoms with Crippen molar-refractivity contribution in [2.24, 2.45) is 5.92 Å². The average Bonchev–Trinajstić information content (AvgIpc) is 2.68. The molecule has 0 aromatic heterocycles. The Morgan fingerprint density at radius 1 is 1.29 bits per heavy atom. The lowest BCUT2D eigenvalue weighted by atomic mass is 10.0. The molecule has 1 aliphatic rings. The molecule has 21 heavy (non-hydrogen) atoms. The topological polar surface area (TPSA) is 87.2 Å². The number of hydrogen-bond acceptors (Lipinski definition) is 4. The highest BCUT2D eigenvalue weighted by molar-refractivity contribution is 5.86. The number of aliphatic carboxylic acids is 1. The molecular formula is C14H24N2O5. The summed E-state index contributed by atoms with van der Waals surface area (Å²) in [4.78, 5) is 38.0. The number of carbonyl (C=O) groups excluding carboxylic acids is 2. The molecule has 1 fully saturated rings. The first-order valence-electron chi connectivity index (χ1n) is 6.94. The second-order valence-electron chi connectivity index (χ2n) is 6.58. The summed E-state index contributed by atoms with van der Waals surface area (Å²) < 4.78 is 5.30. The van der Waals surface area contributed by atoms with Crippen LogP contribution in [0.4, 0.5) is 4.79 Å². The fourth-order valence-corrected chi connectivity index (χ4v) is 2.37. The zero-order chi connectivity index (χ0) is 16.4. The first kappa shape index (κ1) is 17.3. The molecule has 2 atom stereocenters. The van der Waals surface area contributed by atoms with Crippen LogP contribution in [0.1, 0.15) is 33.6 Å². The number of carbonyl (C=O) groups is 3. The molecule has 0 aromatic carbocycles. The van der Waals surface area contributed by atoms with Crippen LogP contribution in [0.15, 0.2) is 0 Å². The molecule has 7 nitrogen and oxygen atoms in total. The second-order valence-corrected chi connectivity index (χ2v) is 6.58. The van der Waals surface area contributed by atoms with Gasteiger partial charge in [0.25, 0.3) is 0 Å². The van der Waals surface area contributed by atoms with E-state index >= 15 is 0 Å². The maximum atomic E-state index is 12.2. The Hall–Kier alpha value is -1.79. The van der Waals surface area contributed by atoms with Gasteiger partial charge < -0.3 is 14.7 Å². The van der Waals surface area contributed by atoms with Crippen molar-refractivity contribution < 1.29 is 24.2 Å². The molecule has 120 valence electrons. The maximum Gasteiger partial charge on any atom is 0.410 e. The highest BCUT2D eigenvalue weighted by Gasteiger charge is 2.42. The van der Waals surface area contributed by atoms with Gasteiger partial charge in [-0.1, -0.05) is 0 Å². The summed E-state index contributed by atoms with van der Waals surface area (Å²) in [5.41, 5.74) is -0.659. The summed E-state index contributed by atoms with van der Waals surface area (Å²) in [7, 11) is 3.22. The number of likely N-dealkylation sites (N-methyl/N-ethyl adjacent to an activating group) is 1. The Balaban J connectivity index is 2.88. The molecule has 0 unspecified atom stereocenters. The van der Waals surface area contributed by atoms with Gasteiger partial charge in [0.1, 0.15) is 11.6 Å². The number of carboxylic acid groups (broad SMARTS) is 1. The van der Waals surface area contributed by atoms with E-state index < -0.39 is 23.7 Å². The fourth-order valence-electron chi connectivity index (χ4n) is 2.37. The van der Waals surface area contributed by atoms with Gasteiger partial charge >= 0.3 is 12.1 Å². The van der Waals surface area contributed by atoms with Crippen LogP contribution in [-0.2, 0) is 14.3 Å². The van der Waals surface area contributed by atoms with E-state index in [0.717, 1.165) is 0 Å². The van der Waals surface area contributed by atoms with Crippen molar-refractivity contribution in [3.63, 3.8) is 0 Å². The van der Waals surface area contributed by atoms with Crippen molar-refractivity contribution in [3.8, 4) is 0 Å². The molecular weight excluding hydrogens is 276 g/mol. The first-order chi connectivity index (χ1) is 9.51. The quantitative estimate of drug-likeness (QED) is 0.845. The van der Waals surface area contributed by atoms with Crippen LogP contribution in [0.25, 0.3) is 0 Å². The van der Waals surface area contributed by atoms with Gasteiger partial charge in [-0.25, -0.2) is 4.79 Å². The number of likely N-dealkylation sites (tertiary alicyclic amines) is 1. The predicted octanol–water partition coefficient (Wildman–Crippen LogP) is 1.17. The van der Waals surface area contributed by atoms with E-state index in [2.05, 4.69) is 0 Å². The molecule has 0 aliphatic carbocycles. The van der Waals surface area contributed by atoms with Crippen LogP contribution >= 0.6 is 0 Å². The molecule has 0 radical (unpaired) electrons. The summed E-state index contributed by atoms with van der Waals surface area (Å²) in [6, 6.07) is -0.654. The van der Waals surface area contributed by atoms with Gasteiger partial charge in [-0.3, -0.25) is 14.5 Å². The molecule has 0 spiro atoms. The van der Waals surface area contributed by atoms with Gasteiger partial charge in [0.2, 0.25) is 5.91 Å². The molecule has 1 N–H and O–H groups in total. The average molecular weight is 300 g/mol. The van der Waals surface area contributed by atoms with Gasteiger partial charge in [-0.15, -0.1) is 0 Å². The molecule has 0 saturated carbocycles. The molecule has 2 amide bonds. The number of ether oxygens (including phenoxy) is 1. The minimum absolute atomic E-state index is 0.0590. The zero-order valence-corrected chi connectivity index (χ0v) is 13.3. The lowest BCUT2D eigenvalue weighted by Gasteiger charge is -2.29. The molecule has 7 heteroatoms. The number of nitrogens with zero attached hydrogens (tertiary/aromatic N) is 2. The normalized spacial score (nSPS) is 22.0. The second kappa shape index (κ2) is 6.32. The van der Waals surface area contributed by atoms with E-state index in [-0.39, 0.29) is 24.8 Å². The van der Waals surface area contributed by atoms with Gasteiger partial charge in [0.05, 0.1) is 0 Å². The fraction of sp³-hybridized carbons (Fsp3) is 0.786. The number of rotatable bonds is 3. The lowest BCUT2D eigenvalue weighted by molar-refractivity contribution is -0.138. The first-order valence-corrected chi connectivity index (χ1v) is 6.94. The molecule has 0 bridgehead atoms. The Morgan fingerprint density at radius 2 is 1.86 bits per heavy atom. The Morgan fingerprint density at radius 3 is 2.29 bits per heavy atom. The Labute approximate surface area is 124 Å². The van der Waals surface area contributed by atoms with Gasteiger partial charge in [-0.2, -0.15) is 0 Å². The van der Waals surface area contributed by atoms with E-state index in [1.807, 2.05) is 0 Å². The molecule has 1 heterocycles. The Kier molecular flexibility index (Phi) is 5.20. The summed E-state index contributed by atoms with van der Waals surface area (Å²) in [6.45, 7) is 5.47. The van der Waals surface area contributed by atoms with Crippen molar-refractivity contribution in [2.75, 3.05) is 20.6 Å². The minimum Gasteiger partial charge on any atom is -0.481 e.